The fourth-order valence-electron chi connectivity index (χ4n) is 2.41. The molecule has 1 aromatic heterocycles. The number of rotatable bonds is 3. The molecule has 1 saturated carbocycles. The van der Waals surface area contributed by atoms with Gasteiger partial charge in [0.25, 0.3) is 0 Å². The zero-order valence-electron chi connectivity index (χ0n) is 9.82. The second kappa shape index (κ2) is 5.14. The van der Waals surface area contributed by atoms with Crippen molar-refractivity contribution in [1.82, 2.24) is 9.97 Å². The lowest BCUT2D eigenvalue weighted by atomic mass is 9.82. The Bertz CT molecular complexity index is 322. The zero-order chi connectivity index (χ0) is 11.4. The lowest BCUT2D eigenvalue weighted by molar-refractivity contribution is 0.293. The Labute approximate surface area is 96.7 Å². The van der Waals surface area contributed by atoms with Crippen molar-refractivity contribution in [1.29, 1.82) is 0 Å². The number of nitrogens with one attached hydrogen (secondary N) is 1. The van der Waals surface area contributed by atoms with Gasteiger partial charge < -0.3 is 11.1 Å². The van der Waals surface area contributed by atoms with Crippen molar-refractivity contribution in [3.63, 3.8) is 0 Å². The summed E-state index contributed by atoms with van der Waals surface area (Å²) in [5.74, 6) is 2.32. The predicted molar refractivity (Wildman–Crippen MR) is 66.1 cm³/mol. The van der Waals surface area contributed by atoms with Crippen molar-refractivity contribution < 1.29 is 0 Å². The van der Waals surface area contributed by atoms with Gasteiger partial charge in [-0.15, -0.1) is 0 Å². The lowest BCUT2D eigenvalue weighted by Gasteiger charge is -2.26. The summed E-state index contributed by atoms with van der Waals surface area (Å²) in [6, 6.07) is 0. The molecule has 0 saturated heterocycles. The summed E-state index contributed by atoms with van der Waals surface area (Å²) in [7, 11) is 0. The molecule has 0 spiro atoms. The molecule has 4 nitrogen and oxygen atoms in total. The van der Waals surface area contributed by atoms with Crippen LogP contribution >= 0.6 is 0 Å². The molecular weight excluding hydrogens is 200 g/mol. The van der Waals surface area contributed by atoms with Crippen molar-refractivity contribution in [2.24, 2.45) is 11.8 Å². The van der Waals surface area contributed by atoms with Crippen LogP contribution in [0.15, 0.2) is 12.4 Å². The van der Waals surface area contributed by atoms with E-state index in [0.29, 0.717) is 11.6 Å². The Hall–Kier alpha value is -1.32. The van der Waals surface area contributed by atoms with Crippen molar-refractivity contribution >= 4 is 11.6 Å². The van der Waals surface area contributed by atoms with Crippen LogP contribution in [0, 0.1) is 11.8 Å². The van der Waals surface area contributed by atoms with E-state index in [9.17, 15) is 0 Å². The summed E-state index contributed by atoms with van der Waals surface area (Å²) in [6.45, 7) is 3.32. The van der Waals surface area contributed by atoms with Crippen LogP contribution in [0.1, 0.15) is 32.6 Å². The normalized spacial score (nSPS) is 25.3. The molecule has 2 rings (SSSR count). The molecule has 2 atom stereocenters. The third kappa shape index (κ3) is 3.08. The molecule has 0 amide bonds. The number of nitrogens with two attached hydrogens (primary N) is 1. The minimum atomic E-state index is 0.608. The van der Waals surface area contributed by atoms with Crippen LogP contribution in [0.4, 0.5) is 11.6 Å². The highest BCUT2D eigenvalue weighted by Gasteiger charge is 2.18. The number of hydrogen-bond acceptors (Lipinski definition) is 4. The fourth-order valence-corrected chi connectivity index (χ4v) is 2.41. The van der Waals surface area contributed by atoms with Gasteiger partial charge in [-0.25, -0.2) is 9.97 Å². The van der Waals surface area contributed by atoms with E-state index in [0.717, 1.165) is 18.4 Å². The van der Waals surface area contributed by atoms with Crippen molar-refractivity contribution in [3.8, 4) is 0 Å². The van der Waals surface area contributed by atoms with Gasteiger partial charge in [0.2, 0.25) is 5.95 Å². The van der Waals surface area contributed by atoms with E-state index < -0.39 is 0 Å². The van der Waals surface area contributed by atoms with Gasteiger partial charge in [-0.3, -0.25) is 0 Å². The SMILES string of the molecule is CC1CCCC(CNc2ncc(N)cn2)C1. The Morgan fingerprint density at radius 3 is 2.81 bits per heavy atom. The first-order valence-corrected chi connectivity index (χ1v) is 6.05. The molecule has 0 aromatic carbocycles. The van der Waals surface area contributed by atoms with E-state index in [-0.39, 0.29) is 0 Å². The summed E-state index contributed by atoms with van der Waals surface area (Å²) in [5, 5.41) is 3.28. The van der Waals surface area contributed by atoms with Crippen LogP contribution in [0.2, 0.25) is 0 Å². The van der Waals surface area contributed by atoms with Crippen LogP contribution in [0.3, 0.4) is 0 Å². The predicted octanol–water partition coefficient (Wildman–Crippen LogP) is 2.30. The molecule has 16 heavy (non-hydrogen) atoms. The molecule has 0 bridgehead atoms. The summed E-state index contributed by atoms with van der Waals surface area (Å²) in [5.41, 5.74) is 6.14. The van der Waals surface area contributed by atoms with Crippen molar-refractivity contribution in [3.05, 3.63) is 12.4 Å². The van der Waals surface area contributed by atoms with E-state index >= 15 is 0 Å². The molecule has 1 fully saturated rings. The first kappa shape index (κ1) is 11.2. The Kier molecular flexibility index (Phi) is 3.59. The Balaban J connectivity index is 1.80. The standard InChI is InChI=1S/C12H20N4/c1-9-3-2-4-10(5-9)6-14-12-15-7-11(13)8-16-12/h7-10H,2-6,13H2,1H3,(H,14,15,16). The molecule has 1 heterocycles. The van der Waals surface area contributed by atoms with Gasteiger partial charge in [0.15, 0.2) is 0 Å². The highest BCUT2D eigenvalue weighted by atomic mass is 15.1. The molecule has 3 N–H and O–H groups in total. The smallest absolute Gasteiger partial charge is 0.222 e. The van der Waals surface area contributed by atoms with Crippen molar-refractivity contribution in [2.75, 3.05) is 17.6 Å². The van der Waals surface area contributed by atoms with Crippen LogP contribution in [-0.4, -0.2) is 16.5 Å². The summed E-state index contributed by atoms with van der Waals surface area (Å²) in [6.07, 6.45) is 8.66. The molecular formula is C12H20N4. The average molecular weight is 220 g/mol. The Morgan fingerprint density at radius 1 is 1.38 bits per heavy atom. The molecule has 0 aliphatic heterocycles. The molecule has 1 aliphatic carbocycles. The van der Waals surface area contributed by atoms with Crippen LogP contribution in [0.5, 0.6) is 0 Å². The van der Waals surface area contributed by atoms with Crippen LogP contribution < -0.4 is 11.1 Å². The van der Waals surface area contributed by atoms with Crippen LogP contribution in [-0.2, 0) is 0 Å². The minimum absolute atomic E-state index is 0.608. The van der Waals surface area contributed by atoms with E-state index in [1.54, 1.807) is 12.4 Å². The molecule has 4 heteroatoms. The number of anilines is 2. The summed E-state index contributed by atoms with van der Waals surface area (Å²) < 4.78 is 0. The fraction of sp³-hybridized carbons (Fsp3) is 0.667. The first-order chi connectivity index (χ1) is 7.74. The van der Waals surface area contributed by atoms with Crippen LogP contribution in [0.25, 0.3) is 0 Å². The van der Waals surface area contributed by atoms with Gasteiger partial charge in [-0.1, -0.05) is 19.8 Å². The number of hydrogen-bond donors (Lipinski definition) is 2. The van der Waals surface area contributed by atoms with Gasteiger partial charge in [0.1, 0.15) is 0 Å². The van der Waals surface area contributed by atoms with E-state index in [1.165, 1.54) is 25.7 Å². The molecule has 0 radical (unpaired) electrons. The molecule has 88 valence electrons. The highest BCUT2D eigenvalue weighted by molar-refractivity contribution is 5.35. The largest absolute Gasteiger partial charge is 0.396 e. The maximum atomic E-state index is 5.53. The maximum absolute atomic E-state index is 5.53. The van der Waals surface area contributed by atoms with Gasteiger partial charge in [0, 0.05) is 6.54 Å². The topological polar surface area (TPSA) is 63.8 Å². The monoisotopic (exact) mass is 220 g/mol. The molecule has 1 aliphatic rings. The second-order valence-corrected chi connectivity index (χ2v) is 4.86. The number of aromatic nitrogens is 2. The number of nitrogen functional groups attached to an aromatic ring is 1. The first-order valence-electron chi connectivity index (χ1n) is 6.05. The second-order valence-electron chi connectivity index (χ2n) is 4.86. The van der Waals surface area contributed by atoms with E-state index in [1.807, 2.05) is 0 Å². The Morgan fingerprint density at radius 2 is 2.12 bits per heavy atom. The molecule has 2 unspecified atom stereocenters. The summed E-state index contributed by atoms with van der Waals surface area (Å²) >= 11 is 0. The maximum Gasteiger partial charge on any atom is 0.222 e. The third-order valence-electron chi connectivity index (χ3n) is 3.27. The van der Waals surface area contributed by atoms with Crippen molar-refractivity contribution in [2.45, 2.75) is 32.6 Å². The third-order valence-corrected chi connectivity index (χ3v) is 3.27. The minimum Gasteiger partial charge on any atom is -0.396 e. The zero-order valence-corrected chi connectivity index (χ0v) is 9.82. The summed E-state index contributed by atoms with van der Waals surface area (Å²) in [4.78, 5) is 8.27. The average Bonchev–Trinajstić information content (AvgIpc) is 2.28. The van der Waals surface area contributed by atoms with Gasteiger partial charge in [-0.2, -0.15) is 0 Å². The van der Waals surface area contributed by atoms with E-state index in [2.05, 4.69) is 22.2 Å². The number of nitrogens with zero attached hydrogens (tertiary/aromatic N) is 2. The van der Waals surface area contributed by atoms with Gasteiger partial charge >= 0.3 is 0 Å². The van der Waals surface area contributed by atoms with Gasteiger partial charge in [0.05, 0.1) is 18.1 Å². The van der Waals surface area contributed by atoms with Gasteiger partial charge in [-0.05, 0) is 24.7 Å². The lowest BCUT2D eigenvalue weighted by Crippen LogP contribution is -2.21. The quantitative estimate of drug-likeness (QED) is 0.820. The van der Waals surface area contributed by atoms with E-state index in [4.69, 9.17) is 5.73 Å². The highest BCUT2D eigenvalue weighted by Crippen LogP contribution is 2.28. The molecule has 1 aromatic rings.